The normalized spacial score (nSPS) is 12.0. The number of nitrogens with two attached hydrogens (primary N) is 1. The van der Waals surface area contributed by atoms with Gasteiger partial charge in [0.25, 0.3) is 0 Å². The Morgan fingerprint density at radius 2 is 1.85 bits per heavy atom. The molecule has 0 bridgehead atoms. The van der Waals surface area contributed by atoms with Crippen molar-refractivity contribution in [3.05, 3.63) is 68.9 Å². The van der Waals surface area contributed by atoms with Crippen molar-refractivity contribution in [1.29, 1.82) is 0 Å². The first kappa shape index (κ1) is 18.4. The Hall–Kier alpha value is -1.97. The molecular weight excluding hydrogens is 427 g/mol. The van der Waals surface area contributed by atoms with Crippen LogP contribution in [0.25, 0.3) is 16.9 Å². The Morgan fingerprint density at radius 1 is 1.11 bits per heavy atom. The number of aromatic nitrogens is 3. The minimum absolute atomic E-state index is 0.0712. The Bertz CT molecular complexity index is 1250. The number of imidazole rings is 1. The molecule has 0 fully saturated rings. The number of thiazole rings is 1. The van der Waals surface area contributed by atoms with Crippen LogP contribution in [0.5, 0.6) is 0 Å². The fourth-order valence-corrected chi connectivity index (χ4v) is 4.52. The third kappa shape index (κ3) is 3.85. The second-order valence-electron chi connectivity index (χ2n) is 5.84. The lowest BCUT2D eigenvalue weighted by atomic mass is 10.2. The zero-order chi connectivity index (χ0) is 19.2. The van der Waals surface area contributed by atoms with E-state index in [9.17, 15) is 8.42 Å². The number of hydrogen-bond acceptors (Lipinski definition) is 5. The Labute approximate surface area is 169 Å². The molecule has 0 aliphatic rings. The highest BCUT2D eigenvalue weighted by molar-refractivity contribution is 7.89. The lowest BCUT2D eigenvalue weighted by Gasteiger charge is -2.00. The van der Waals surface area contributed by atoms with E-state index in [0.29, 0.717) is 22.1 Å². The average molecular weight is 439 g/mol. The van der Waals surface area contributed by atoms with Gasteiger partial charge in [-0.1, -0.05) is 35.3 Å². The van der Waals surface area contributed by atoms with Crippen LogP contribution in [0.4, 0.5) is 0 Å². The Balaban J connectivity index is 1.59. The van der Waals surface area contributed by atoms with E-state index in [2.05, 4.69) is 9.97 Å². The van der Waals surface area contributed by atoms with Gasteiger partial charge in [0, 0.05) is 29.8 Å². The summed E-state index contributed by atoms with van der Waals surface area (Å²) in [5.41, 5.74) is 3.05. The summed E-state index contributed by atoms with van der Waals surface area (Å²) in [6.07, 6.45) is 4.17. The maximum Gasteiger partial charge on any atom is 0.238 e. The molecule has 1 aromatic carbocycles. The van der Waals surface area contributed by atoms with Gasteiger partial charge >= 0.3 is 0 Å². The summed E-state index contributed by atoms with van der Waals surface area (Å²) >= 11 is 13.7. The summed E-state index contributed by atoms with van der Waals surface area (Å²) in [5.74, 6) is 0. The number of pyridine rings is 1. The fraction of sp³-hybridized carbons (Fsp3) is 0.0588. The summed E-state index contributed by atoms with van der Waals surface area (Å²) in [5, 5.41) is 8.95. The van der Waals surface area contributed by atoms with E-state index in [-0.39, 0.29) is 4.90 Å². The van der Waals surface area contributed by atoms with Crippen molar-refractivity contribution < 1.29 is 8.42 Å². The predicted molar refractivity (Wildman–Crippen MR) is 107 cm³/mol. The molecule has 0 aliphatic carbocycles. The molecule has 10 heteroatoms. The van der Waals surface area contributed by atoms with E-state index in [1.807, 2.05) is 11.6 Å². The van der Waals surface area contributed by atoms with Gasteiger partial charge in [0.05, 0.1) is 31.3 Å². The zero-order valence-corrected chi connectivity index (χ0v) is 16.8. The van der Waals surface area contributed by atoms with E-state index < -0.39 is 10.0 Å². The molecule has 3 heterocycles. The highest BCUT2D eigenvalue weighted by Gasteiger charge is 2.12. The van der Waals surface area contributed by atoms with Crippen LogP contribution in [-0.2, 0) is 16.4 Å². The topological polar surface area (TPSA) is 90.4 Å². The number of fused-ring (bicyclic) bond motifs is 1. The van der Waals surface area contributed by atoms with Crippen LogP contribution < -0.4 is 5.14 Å². The predicted octanol–water partition coefficient (Wildman–Crippen LogP) is 4.00. The van der Waals surface area contributed by atoms with Crippen LogP contribution in [-0.4, -0.2) is 22.8 Å². The monoisotopic (exact) mass is 438 g/mol. The minimum Gasteiger partial charge on any atom is -0.304 e. The molecule has 138 valence electrons. The molecule has 0 atom stereocenters. The third-order valence-electron chi connectivity index (χ3n) is 3.89. The van der Waals surface area contributed by atoms with Crippen molar-refractivity contribution in [2.24, 2.45) is 5.14 Å². The Morgan fingerprint density at radius 3 is 2.56 bits per heavy atom. The van der Waals surface area contributed by atoms with Gasteiger partial charge in [0.15, 0.2) is 5.65 Å². The average Bonchev–Trinajstić information content (AvgIpc) is 3.21. The summed E-state index contributed by atoms with van der Waals surface area (Å²) in [7, 11) is -3.71. The SMILES string of the molecule is NS(=O)(=O)c1ccc(-c2csc(Cc3cn4cc(Cl)cc(Cl)c4n3)n2)cc1. The smallest absolute Gasteiger partial charge is 0.238 e. The van der Waals surface area contributed by atoms with Crippen LogP contribution in [0.3, 0.4) is 0 Å². The second kappa shape index (κ2) is 6.88. The maximum absolute atomic E-state index is 11.3. The van der Waals surface area contributed by atoms with Gasteiger partial charge in [-0.2, -0.15) is 0 Å². The molecule has 6 nitrogen and oxygen atoms in total. The first-order valence-electron chi connectivity index (χ1n) is 7.70. The highest BCUT2D eigenvalue weighted by Crippen LogP contribution is 2.26. The molecule has 0 spiro atoms. The summed E-state index contributed by atoms with van der Waals surface area (Å²) in [6.45, 7) is 0. The molecule has 0 amide bonds. The molecule has 4 aromatic rings. The summed E-state index contributed by atoms with van der Waals surface area (Å²) < 4.78 is 24.5. The maximum atomic E-state index is 11.3. The highest BCUT2D eigenvalue weighted by atomic mass is 35.5. The van der Waals surface area contributed by atoms with E-state index >= 15 is 0 Å². The molecule has 0 radical (unpaired) electrons. The van der Waals surface area contributed by atoms with Gasteiger partial charge in [-0.3, -0.25) is 0 Å². The quantitative estimate of drug-likeness (QED) is 0.521. The van der Waals surface area contributed by atoms with Gasteiger partial charge in [0.2, 0.25) is 10.0 Å². The van der Waals surface area contributed by atoms with Crippen molar-refractivity contribution in [3.8, 4) is 11.3 Å². The third-order valence-corrected chi connectivity index (χ3v) is 6.15. The zero-order valence-electron chi connectivity index (χ0n) is 13.6. The van der Waals surface area contributed by atoms with Gasteiger partial charge in [-0.15, -0.1) is 11.3 Å². The summed E-state index contributed by atoms with van der Waals surface area (Å²) in [6, 6.07) is 7.97. The largest absolute Gasteiger partial charge is 0.304 e. The van der Waals surface area contributed by atoms with Crippen molar-refractivity contribution in [3.63, 3.8) is 0 Å². The molecule has 3 aromatic heterocycles. The van der Waals surface area contributed by atoms with Gasteiger partial charge in [-0.05, 0) is 18.2 Å². The van der Waals surface area contributed by atoms with E-state index in [1.165, 1.54) is 23.5 Å². The minimum atomic E-state index is -3.71. The van der Waals surface area contributed by atoms with Crippen molar-refractivity contribution >= 4 is 50.2 Å². The van der Waals surface area contributed by atoms with Gasteiger partial charge in [0.1, 0.15) is 0 Å². The molecule has 0 saturated heterocycles. The van der Waals surface area contributed by atoms with E-state index in [1.54, 1.807) is 28.8 Å². The molecule has 4 rings (SSSR count). The van der Waals surface area contributed by atoms with Crippen molar-refractivity contribution in [2.75, 3.05) is 0 Å². The fourth-order valence-electron chi connectivity index (χ4n) is 2.66. The van der Waals surface area contributed by atoms with Crippen LogP contribution in [0.15, 0.2) is 53.0 Å². The van der Waals surface area contributed by atoms with Crippen molar-refractivity contribution in [2.45, 2.75) is 11.3 Å². The van der Waals surface area contributed by atoms with Crippen LogP contribution in [0.1, 0.15) is 10.7 Å². The van der Waals surface area contributed by atoms with E-state index in [4.69, 9.17) is 28.3 Å². The lowest BCUT2D eigenvalue weighted by Crippen LogP contribution is -2.11. The summed E-state index contributed by atoms with van der Waals surface area (Å²) in [4.78, 5) is 9.21. The number of nitrogens with zero attached hydrogens (tertiary/aromatic N) is 3. The number of hydrogen-bond donors (Lipinski definition) is 1. The molecule has 0 unspecified atom stereocenters. The standard InChI is InChI=1S/C17H12Cl2N4O2S2/c18-11-5-14(19)17-21-12(8-23(17)7-11)6-16-22-15(9-26-16)10-1-3-13(4-2-10)27(20,24)25/h1-5,7-9H,6H2,(H2,20,24,25). The van der Waals surface area contributed by atoms with E-state index in [0.717, 1.165) is 22.0 Å². The number of benzene rings is 1. The first-order chi connectivity index (χ1) is 12.8. The lowest BCUT2D eigenvalue weighted by molar-refractivity contribution is 0.598. The molecule has 0 saturated carbocycles. The van der Waals surface area contributed by atoms with Crippen LogP contribution in [0, 0.1) is 0 Å². The van der Waals surface area contributed by atoms with Crippen LogP contribution in [0.2, 0.25) is 10.0 Å². The number of sulfonamides is 1. The molecule has 0 aliphatic heterocycles. The number of rotatable bonds is 4. The Kier molecular flexibility index (Phi) is 4.69. The van der Waals surface area contributed by atoms with Gasteiger partial charge < -0.3 is 4.40 Å². The van der Waals surface area contributed by atoms with Crippen molar-refractivity contribution in [1.82, 2.24) is 14.4 Å². The molecule has 2 N–H and O–H groups in total. The first-order valence-corrected chi connectivity index (χ1v) is 10.9. The van der Waals surface area contributed by atoms with Crippen LogP contribution >= 0.6 is 34.5 Å². The number of halogens is 2. The molecular formula is C17H12Cl2N4O2S2. The number of primary sulfonamides is 1. The van der Waals surface area contributed by atoms with Gasteiger partial charge in [-0.25, -0.2) is 23.5 Å². The second-order valence-corrected chi connectivity index (χ2v) is 9.19. The molecule has 27 heavy (non-hydrogen) atoms.